The highest BCUT2D eigenvalue weighted by Crippen LogP contribution is 2.43. The molecule has 1 amide bonds. The lowest BCUT2D eigenvalue weighted by atomic mass is 9.93. The number of allylic oxidation sites excluding steroid dienone is 2. The van der Waals surface area contributed by atoms with E-state index in [9.17, 15) is 4.79 Å². The van der Waals surface area contributed by atoms with Gasteiger partial charge in [-0.15, -0.1) is 0 Å². The molecule has 1 N–H and O–H groups in total. The normalized spacial score (nSPS) is 28.3. The molecule has 0 unspecified atom stereocenters. The number of carbonyl (C=O) groups is 1. The molecule has 130 valence electrons. The van der Waals surface area contributed by atoms with Crippen LogP contribution in [0.2, 0.25) is 0 Å². The first-order chi connectivity index (χ1) is 11.7. The Hall–Kier alpha value is -1.62. The number of hydrogen-bond donors (Lipinski definition) is 1. The van der Waals surface area contributed by atoms with Gasteiger partial charge >= 0.3 is 0 Å². The zero-order chi connectivity index (χ0) is 16.5. The van der Waals surface area contributed by atoms with Gasteiger partial charge in [-0.1, -0.05) is 25.5 Å². The quantitative estimate of drug-likeness (QED) is 0.816. The first-order valence-electron chi connectivity index (χ1n) is 9.47. The number of rotatable bonds is 6. The highest BCUT2D eigenvalue weighted by atomic mass is 16.1. The number of nitrogens with one attached hydrogen (secondary N) is 1. The molecule has 5 nitrogen and oxygen atoms in total. The highest BCUT2D eigenvalue weighted by Gasteiger charge is 2.39. The number of aromatic nitrogens is 2. The number of amides is 1. The molecule has 4 rings (SSSR count). The van der Waals surface area contributed by atoms with E-state index in [2.05, 4.69) is 45.1 Å². The number of nitrogens with zero attached hydrogens (tertiary/aromatic N) is 3. The van der Waals surface area contributed by atoms with Crippen molar-refractivity contribution in [1.29, 1.82) is 0 Å². The van der Waals surface area contributed by atoms with Gasteiger partial charge in [-0.05, 0) is 43.7 Å². The van der Waals surface area contributed by atoms with Crippen molar-refractivity contribution in [1.82, 2.24) is 20.0 Å². The van der Waals surface area contributed by atoms with E-state index < -0.39 is 0 Å². The maximum Gasteiger partial charge on any atom is 0.224 e. The summed E-state index contributed by atoms with van der Waals surface area (Å²) in [7, 11) is 0. The smallest absolute Gasteiger partial charge is 0.224 e. The van der Waals surface area contributed by atoms with Gasteiger partial charge in [0.15, 0.2) is 0 Å². The van der Waals surface area contributed by atoms with E-state index in [4.69, 9.17) is 0 Å². The summed E-state index contributed by atoms with van der Waals surface area (Å²) in [4.78, 5) is 14.9. The Labute approximate surface area is 144 Å². The van der Waals surface area contributed by atoms with Crippen molar-refractivity contribution in [3.05, 3.63) is 29.6 Å². The third-order valence-corrected chi connectivity index (χ3v) is 5.81. The summed E-state index contributed by atoms with van der Waals surface area (Å²) in [6.07, 6.45) is 9.21. The molecule has 2 bridgehead atoms. The molecule has 3 atom stereocenters. The van der Waals surface area contributed by atoms with Crippen molar-refractivity contribution in [2.75, 3.05) is 13.1 Å². The van der Waals surface area contributed by atoms with Gasteiger partial charge in [0.1, 0.15) is 0 Å². The molecule has 1 aromatic heterocycles. The predicted molar refractivity (Wildman–Crippen MR) is 93.1 cm³/mol. The largest absolute Gasteiger partial charge is 0.350 e. The fourth-order valence-electron chi connectivity index (χ4n) is 4.43. The Bertz CT molecular complexity index is 635. The Balaban J connectivity index is 1.31. The van der Waals surface area contributed by atoms with Crippen LogP contribution in [-0.4, -0.2) is 33.7 Å². The van der Waals surface area contributed by atoms with Crippen LogP contribution in [-0.2, 0) is 24.4 Å². The van der Waals surface area contributed by atoms with Crippen LogP contribution in [0.1, 0.15) is 44.0 Å². The van der Waals surface area contributed by atoms with E-state index in [0.29, 0.717) is 18.4 Å². The van der Waals surface area contributed by atoms with Crippen molar-refractivity contribution in [3.8, 4) is 0 Å². The first kappa shape index (κ1) is 15.9. The van der Waals surface area contributed by atoms with E-state index in [1.165, 1.54) is 31.5 Å². The number of hydrogen-bond acceptors (Lipinski definition) is 3. The van der Waals surface area contributed by atoms with Crippen molar-refractivity contribution in [2.24, 2.45) is 17.8 Å². The molecular formula is C19H28N4O. The SMILES string of the molecule is CCCCN1CCn2nc(CNC(=O)[C@@H]3C[C@@H]4C=C[C@H]3C4)cc2C1. The highest BCUT2D eigenvalue weighted by molar-refractivity contribution is 5.79. The summed E-state index contributed by atoms with van der Waals surface area (Å²) in [6.45, 7) is 7.00. The molecule has 24 heavy (non-hydrogen) atoms. The van der Waals surface area contributed by atoms with Crippen LogP contribution >= 0.6 is 0 Å². The van der Waals surface area contributed by atoms with Crippen molar-refractivity contribution < 1.29 is 4.79 Å². The van der Waals surface area contributed by atoms with Crippen LogP contribution in [0.4, 0.5) is 0 Å². The summed E-state index contributed by atoms with van der Waals surface area (Å²) < 4.78 is 2.12. The molecule has 1 aliphatic heterocycles. The first-order valence-corrected chi connectivity index (χ1v) is 9.47. The fraction of sp³-hybridized carbons (Fsp3) is 0.684. The van der Waals surface area contributed by atoms with Gasteiger partial charge in [0, 0.05) is 19.0 Å². The van der Waals surface area contributed by atoms with Crippen LogP contribution in [0.3, 0.4) is 0 Å². The van der Waals surface area contributed by atoms with E-state index in [1.54, 1.807) is 0 Å². The van der Waals surface area contributed by atoms with E-state index in [1.807, 2.05) is 0 Å². The molecule has 1 saturated carbocycles. The molecule has 3 aliphatic rings. The standard InChI is InChI=1S/C19H28N4O/c1-2-3-6-22-7-8-23-17(13-22)11-16(21-23)12-20-19(24)18-10-14-4-5-15(18)9-14/h4-5,11,14-15,18H,2-3,6-10,12-13H2,1H3,(H,20,24)/t14-,15+,18-/m1/s1. The molecule has 0 saturated heterocycles. The van der Waals surface area contributed by atoms with Crippen molar-refractivity contribution >= 4 is 5.91 Å². The van der Waals surface area contributed by atoms with E-state index in [0.717, 1.165) is 31.7 Å². The minimum absolute atomic E-state index is 0.182. The van der Waals surface area contributed by atoms with Gasteiger partial charge in [0.05, 0.1) is 24.5 Å². The van der Waals surface area contributed by atoms with Crippen LogP contribution in [0.25, 0.3) is 0 Å². The minimum atomic E-state index is 0.182. The van der Waals surface area contributed by atoms with Gasteiger partial charge in [-0.3, -0.25) is 14.4 Å². The lowest BCUT2D eigenvalue weighted by Crippen LogP contribution is -2.34. The molecule has 5 heteroatoms. The minimum Gasteiger partial charge on any atom is -0.350 e. The maximum absolute atomic E-state index is 12.4. The average Bonchev–Trinajstić information content (AvgIpc) is 3.31. The van der Waals surface area contributed by atoms with Gasteiger partial charge in [-0.2, -0.15) is 5.10 Å². The molecule has 2 aliphatic carbocycles. The Morgan fingerprint density at radius 1 is 1.33 bits per heavy atom. The molecule has 0 radical (unpaired) electrons. The summed E-state index contributed by atoms with van der Waals surface area (Å²) in [5.41, 5.74) is 2.28. The average molecular weight is 328 g/mol. The monoisotopic (exact) mass is 328 g/mol. The van der Waals surface area contributed by atoms with E-state index >= 15 is 0 Å². The molecule has 0 spiro atoms. The fourth-order valence-corrected chi connectivity index (χ4v) is 4.43. The summed E-state index contributed by atoms with van der Waals surface area (Å²) in [5.74, 6) is 1.50. The van der Waals surface area contributed by atoms with Crippen LogP contribution in [0.15, 0.2) is 18.2 Å². The second kappa shape index (κ2) is 6.71. The lowest BCUT2D eigenvalue weighted by molar-refractivity contribution is -0.125. The number of fused-ring (bicyclic) bond motifs is 3. The van der Waals surface area contributed by atoms with Crippen LogP contribution in [0.5, 0.6) is 0 Å². The predicted octanol–water partition coefficient (Wildman–Crippen LogP) is 2.33. The third kappa shape index (κ3) is 3.14. The van der Waals surface area contributed by atoms with Gasteiger partial charge in [0.25, 0.3) is 0 Å². The second-order valence-corrected chi connectivity index (χ2v) is 7.58. The summed E-state index contributed by atoms with van der Waals surface area (Å²) in [5, 5.41) is 7.79. The lowest BCUT2D eigenvalue weighted by Gasteiger charge is -2.27. The molecule has 2 heterocycles. The van der Waals surface area contributed by atoms with E-state index in [-0.39, 0.29) is 11.8 Å². The number of carbonyl (C=O) groups excluding carboxylic acids is 1. The van der Waals surface area contributed by atoms with Gasteiger partial charge in [-0.25, -0.2) is 0 Å². The molecule has 1 fully saturated rings. The summed E-state index contributed by atoms with van der Waals surface area (Å²) >= 11 is 0. The molecular weight excluding hydrogens is 300 g/mol. The third-order valence-electron chi connectivity index (χ3n) is 5.81. The van der Waals surface area contributed by atoms with Crippen molar-refractivity contribution in [2.45, 2.75) is 52.2 Å². The van der Waals surface area contributed by atoms with Crippen molar-refractivity contribution in [3.63, 3.8) is 0 Å². The maximum atomic E-state index is 12.4. The second-order valence-electron chi connectivity index (χ2n) is 7.58. The van der Waals surface area contributed by atoms with Crippen LogP contribution in [0, 0.1) is 17.8 Å². The molecule has 0 aromatic carbocycles. The Morgan fingerprint density at radius 2 is 2.25 bits per heavy atom. The van der Waals surface area contributed by atoms with Gasteiger partial charge in [0.2, 0.25) is 5.91 Å². The molecule has 1 aromatic rings. The number of unbranched alkanes of at least 4 members (excludes halogenated alkanes) is 1. The zero-order valence-corrected chi connectivity index (χ0v) is 14.6. The van der Waals surface area contributed by atoms with Gasteiger partial charge < -0.3 is 5.32 Å². The Morgan fingerprint density at radius 3 is 3.00 bits per heavy atom. The van der Waals surface area contributed by atoms with Crippen LogP contribution < -0.4 is 5.32 Å². The zero-order valence-electron chi connectivity index (χ0n) is 14.6. The summed E-state index contributed by atoms with van der Waals surface area (Å²) in [6, 6.07) is 2.17. The topological polar surface area (TPSA) is 50.2 Å². The Kier molecular flexibility index (Phi) is 4.44.